The summed E-state index contributed by atoms with van der Waals surface area (Å²) in [5, 5.41) is 8.83. The average Bonchev–Trinajstić information content (AvgIpc) is 2.80. The van der Waals surface area contributed by atoms with Gasteiger partial charge < -0.3 is 9.47 Å². The van der Waals surface area contributed by atoms with Crippen molar-refractivity contribution in [3.63, 3.8) is 0 Å². The second kappa shape index (κ2) is 5.23. The van der Waals surface area contributed by atoms with Crippen LogP contribution >= 0.6 is 0 Å². The van der Waals surface area contributed by atoms with Crippen molar-refractivity contribution in [2.24, 2.45) is 0 Å². The van der Waals surface area contributed by atoms with E-state index in [1.54, 1.807) is 0 Å². The Balaban J connectivity index is 1.97. The van der Waals surface area contributed by atoms with E-state index in [0.717, 1.165) is 5.56 Å². The van der Waals surface area contributed by atoms with E-state index < -0.39 is 6.10 Å². The summed E-state index contributed by atoms with van der Waals surface area (Å²) in [6.07, 6.45) is -0.169. The van der Waals surface area contributed by atoms with Crippen molar-refractivity contribution in [3.8, 4) is 0 Å². The Labute approximate surface area is 88.3 Å². The van der Waals surface area contributed by atoms with Gasteiger partial charge in [0.05, 0.1) is 13.2 Å². The summed E-state index contributed by atoms with van der Waals surface area (Å²) in [6.45, 7) is 1.22. The molecule has 4 nitrogen and oxygen atoms in total. The smallest absolute Gasteiger partial charge is 0.160 e. The summed E-state index contributed by atoms with van der Waals surface area (Å²) in [5.74, 6) is 0. The highest BCUT2D eigenvalue weighted by atomic mass is 17.1. The highest BCUT2D eigenvalue weighted by Gasteiger charge is 2.23. The van der Waals surface area contributed by atoms with Crippen LogP contribution in [-0.4, -0.2) is 24.8 Å². The maximum atomic E-state index is 8.83. The third-order valence-electron chi connectivity index (χ3n) is 2.40. The fraction of sp³-hybridized carbons (Fsp3) is 0.455. The molecule has 0 spiro atoms. The first kappa shape index (κ1) is 10.6. The molecule has 15 heavy (non-hydrogen) atoms. The molecule has 82 valence electrons. The summed E-state index contributed by atoms with van der Waals surface area (Å²) >= 11 is 0. The Kier molecular flexibility index (Phi) is 3.69. The Bertz CT molecular complexity index is 282. The number of hydrogen-bond donors (Lipinski definition) is 1. The number of ether oxygens (including phenoxy) is 2. The fourth-order valence-corrected chi connectivity index (χ4v) is 1.63. The normalized spacial score (nSPS) is 19.3. The minimum absolute atomic E-state index is 0.276. The lowest BCUT2D eigenvalue weighted by Gasteiger charge is -2.16. The average molecular weight is 210 g/mol. The van der Waals surface area contributed by atoms with Crippen molar-refractivity contribution < 1.29 is 19.6 Å². The van der Waals surface area contributed by atoms with E-state index >= 15 is 0 Å². The summed E-state index contributed by atoms with van der Waals surface area (Å²) in [7, 11) is 0. The Morgan fingerprint density at radius 2 is 1.93 bits per heavy atom. The Morgan fingerprint density at radius 1 is 1.27 bits per heavy atom. The second-order valence-corrected chi connectivity index (χ2v) is 3.41. The van der Waals surface area contributed by atoms with Gasteiger partial charge in [-0.25, -0.2) is 4.89 Å². The van der Waals surface area contributed by atoms with E-state index in [9.17, 15) is 0 Å². The summed E-state index contributed by atoms with van der Waals surface area (Å²) in [5.41, 5.74) is 0.916. The van der Waals surface area contributed by atoms with E-state index in [4.69, 9.17) is 14.7 Å². The zero-order valence-electron chi connectivity index (χ0n) is 8.33. The molecule has 1 fully saturated rings. The predicted octanol–water partition coefficient (Wildman–Crippen LogP) is 1.98. The molecule has 0 bridgehead atoms. The van der Waals surface area contributed by atoms with Gasteiger partial charge in [-0.2, -0.15) is 0 Å². The van der Waals surface area contributed by atoms with Gasteiger partial charge in [0, 0.05) is 6.42 Å². The summed E-state index contributed by atoms with van der Waals surface area (Å²) < 4.78 is 10.6. The van der Waals surface area contributed by atoms with Crippen LogP contribution in [0, 0.1) is 0 Å². The van der Waals surface area contributed by atoms with Gasteiger partial charge in [0.15, 0.2) is 6.29 Å². The van der Waals surface area contributed by atoms with E-state index in [1.165, 1.54) is 0 Å². The van der Waals surface area contributed by atoms with Gasteiger partial charge in [0.1, 0.15) is 6.10 Å². The standard InChI is InChI=1S/C11H14O4/c12-15-10(8-11-13-6-7-14-11)9-4-2-1-3-5-9/h1-5,10-12H,6-8H2. The molecule has 1 aromatic rings. The maximum absolute atomic E-state index is 8.83. The zero-order chi connectivity index (χ0) is 10.5. The molecule has 0 saturated carbocycles. The van der Waals surface area contributed by atoms with Crippen molar-refractivity contribution in [3.05, 3.63) is 35.9 Å². The van der Waals surface area contributed by atoms with Crippen LogP contribution in [0.5, 0.6) is 0 Å². The largest absolute Gasteiger partial charge is 0.350 e. The van der Waals surface area contributed by atoms with Crippen LogP contribution in [-0.2, 0) is 14.4 Å². The first-order chi connectivity index (χ1) is 7.40. The molecule has 2 rings (SSSR count). The van der Waals surface area contributed by atoms with Crippen molar-refractivity contribution in [1.29, 1.82) is 0 Å². The molecular weight excluding hydrogens is 196 g/mol. The first-order valence-corrected chi connectivity index (χ1v) is 4.98. The van der Waals surface area contributed by atoms with E-state index in [0.29, 0.717) is 19.6 Å². The first-order valence-electron chi connectivity index (χ1n) is 4.98. The molecule has 0 radical (unpaired) electrons. The van der Waals surface area contributed by atoms with Gasteiger partial charge in [-0.05, 0) is 5.56 Å². The van der Waals surface area contributed by atoms with Gasteiger partial charge in [0.25, 0.3) is 0 Å². The van der Waals surface area contributed by atoms with Crippen LogP contribution in [0.1, 0.15) is 18.1 Å². The summed E-state index contributed by atoms with van der Waals surface area (Å²) in [4.78, 5) is 4.44. The van der Waals surface area contributed by atoms with Crippen LogP contribution in [0.15, 0.2) is 30.3 Å². The van der Waals surface area contributed by atoms with Crippen molar-refractivity contribution >= 4 is 0 Å². The maximum Gasteiger partial charge on any atom is 0.160 e. The third kappa shape index (κ3) is 2.76. The minimum Gasteiger partial charge on any atom is -0.350 e. The molecule has 1 aliphatic rings. The SMILES string of the molecule is OOC(CC1OCCO1)c1ccccc1. The van der Waals surface area contributed by atoms with Crippen molar-refractivity contribution in [1.82, 2.24) is 0 Å². The number of rotatable bonds is 4. The van der Waals surface area contributed by atoms with E-state index in [2.05, 4.69) is 4.89 Å². The minimum atomic E-state index is -0.394. The van der Waals surface area contributed by atoms with Gasteiger partial charge in [0.2, 0.25) is 0 Å². The van der Waals surface area contributed by atoms with Crippen molar-refractivity contribution in [2.45, 2.75) is 18.8 Å². The molecule has 1 unspecified atom stereocenters. The van der Waals surface area contributed by atoms with Gasteiger partial charge >= 0.3 is 0 Å². The van der Waals surface area contributed by atoms with Gasteiger partial charge in [-0.15, -0.1) is 0 Å². The topological polar surface area (TPSA) is 47.9 Å². The number of hydrogen-bond acceptors (Lipinski definition) is 4. The van der Waals surface area contributed by atoms with Crippen LogP contribution in [0.3, 0.4) is 0 Å². The molecule has 0 amide bonds. The van der Waals surface area contributed by atoms with Gasteiger partial charge in [-0.1, -0.05) is 30.3 Å². The molecule has 4 heteroatoms. The Hall–Kier alpha value is -0.940. The lowest BCUT2D eigenvalue weighted by molar-refractivity contribution is -0.291. The van der Waals surface area contributed by atoms with E-state index in [-0.39, 0.29) is 6.29 Å². The van der Waals surface area contributed by atoms with Crippen LogP contribution in [0.2, 0.25) is 0 Å². The highest BCUT2D eigenvalue weighted by Crippen LogP contribution is 2.24. The number of benzene rings is 1. The molecule has 1 aliphatic heterocycles. The molecule has 1 heterocycles. The Morgan fingerprint density at radius 3 is 2.53 bits per heavy atom. The molecule has 1 N–H and O–H groups in total. The lowest BCUT2D eigenvalue weighted by Crippen LogP contribution is -2.14. The lowest BCUT2D eigenvalue weighted by atomic mass is 10.1. The molecular formula is C11H14O4. The highest BCUT2D eigenvalue weighted by molar-refractivity contribution is 5.17. The van der Waals surface area contributed by atoms with Crippen LogP contribution in [0.25, 0.3) is 0 Å². The van der Waals surface area contributed by atoms with E-state index in [1.807, 2.05) is 30.3 Å². The van der Waals surface area contributed by atoms with Crippen LogP contribution < -0.4 is 0 Å². The third-order valence-corrected chi connectivity index (χ3v) is 2.40. The molecule has 0 aliphatic carbocycles. The molecule has 0 aromatic heterocycles. The van der Waals surface area contributed by atoms with Crippen molar-refractivity contribution in [2.75, 3.05) is 13.2 Å². The monoisotopic (exact) mass is 210 g/mol. The zero-order valence-corrected chi connectivity index (χ0v) is 8.33. The fourth-order valence-electron chi connectivity index (χ4n) is 1.63. The van der Waals surface area contributed by atoms with Crippen LogP contribution in [0.4, 0.5) is 0 Å². The second-order valence-electron chi connectivity index (χ2n) is 3.41. The van der Waals surface area contributed by atoms with Gasteiger partial charge in [-0.3, -0.25) is 5.26 Å². The molecule has 1 saturated heterocycles. The predicted molar refractivity (Wildman–Crippen MR) is 53.2 cm³/mol. The summed E-state index contributed by atoms with van der Waals surface area (Å²) in [6, 6.07) is 9.52. The molecule has 1 atom stereocenters. The molecule has 1 aromatic carbocycles. The quantitative estimate of drug-likeness (QED) is 0.609.